The van der Waals surface area contributed by atoms with E-state index in [4.69, 9.17) is 4.74 Å². The van der Waals surface area contributed by atoms with E-state index in [1.54, 1.807) is 0 Å². The van der Waals surface area contributed by atoms with Crippen LogP contribution < -0.4 is 0 Å². The van der Waals surface area contributed by atoms with Gasteiger partial charge in [0.1, 0.15) is 0 Å². The Hall–Kier alpha value is -1.40. The Labute approximate surface area is 240 Å². The van der Waals surface area contributed by atoms with Crippen molar-refractivity contribution in [3.8, 4) is 0 Å². The van der Waals surface area contributed by atoms with Crippen molar-refractivity contribution >= 4 is 11.9 Å². The number of aliphatic carboxylic acids is 2. The van der Waals surface area contributed by atoms with E-state index >= 15 is 0 Å². The number of allylic oxidation sites excluding steroid dienone is 2. The lowest BCUT2D eigenvalue weighted by molar-refractivity contribution is -0.212. The molecule has 13 atom stereocenters. The van der Waals surface area contributed by atoms with E-state index in [0.29, 0.717) is 17.8 Å². The van der Waals surface area contributed by atoms with Crippen LogP contribution in [0, 0.1) is 57.7 Å². The van der Waals surface area contributed by atoms with Crippen molar-refractivity contribution in [2.75, 3.05) is 0 Å². The molecule has 6 nitrogen and oxygen atoms in total. The van der Waals surface area contributed by atoms with Crippen molar-refractivity contribution in [2.24, 2.45) is 57.7 Å². The Bertz CT molecular complexity index is 1080. The highest BCUT2D eigenvalue weighted by Gasteiger charge is 2.66. The van der Waals surface area contributed by atoms with Crippen LogP contribution in [0.25, 0.3) is 0 Å². The average molecular weight is 557 g/mol. The molecule has 0 aromatic rings. The van der Waals surface area contributed by atoms with Crippen LogP contribution in [-0.4, -0.2) is 45.1 Å². The molecule has 6 aliphatic rings. The van der Waals surface area contributed by atoms with Crippen LogP contribution in [0.15, 0.2) is 11.6 Å². The van der Waals surface area contributed by atoms with Crippen molar-refractivity contribution in [1.29, 1.82) is 0 Å². The third-order valence-electron chi connectivity index (χ3n) is 14.1. The zero-order chi connectivity index (χ0) is 28.8. The predicted molar refractivity (Wildman–Crippen MR) is 152 cm³/mol. The lowest BCUT2D eigenvalue weighted by Crippen LogP contribution is -2.64. The molecule has 5 fully saturated rings. The number of rotatable bonds is 4. The first kappa shape index (κ1) is 28.7. The highest BCUT2D eigenvalue weighted by Crippen LogP contribution is 2.71. The van der Waals surface area contributed by atoms with Crippen molar-refractivity contribution < 1.29 is 29.6 Å². The van der Waals surface area contributed by atoms with Crippen LogP contribution in [0.4, 0.5) is 0 Å². The zero-order valence-corrected chi connectivity index (χ0v) is 25.3. The van der Waals surface area contributed by atoms with Crippen LogP contribution in [0.1, 0.15) is 112 Å². The Balaban J connectivity index is 1.26. The van der Waals surface area contributed by atoms with Gasteiger partial charge >= 0.3 is 11.9 Å². The molecule has 1 heterocycles. The summed E-state index contributed by atoms with van der Waals surface area (Å²) in [7, 11) is 0. The van der Waals surface area contributed by atoms with E-state index < -0.39 is 29.1 Å². The van der Waals surface area contributed by atoms with Gasteiger partial charge in [-0.3, -0.25) is 4.79 Å². The van der Waals surface area contributed by atoms with Gasteiger partial charge in [-0.1, -0.05) is 52.2 Å². The molecule has 0 aromatic carbocycles. The number of hydrogen-bond donors (Lipinski definition) is 3. The molecular weight excluding hydrogens is 504 g/mol. The van der Waals surface area contributed by atoms with Crippen LogP contribution in [-0.2, 0) is 14.3 Å². The van der Waals surface area contributed by atoms with E-state index in [-0.39, 0.29) is 40.6 Å². The molecule has 6 heteroatoms. The predicted octanol–water partition coefficient (Wildman–Crippen LogP) is 6.70. The summed E-state index contributed by atoms with van der Waals surface area (Å²) in [5, 5.41) is 32.2. The number of fused-ring (bicyclic) bond motifs is 7. The molecule has 1 saturated heterocycles. The summed E-state index contributed by atoms with van der Waals surface area (Å²) in [4.78, 5) is 24.3. The molecule has 3 N–H and O–H groups in total. The van der Waals surface area contributed by atoms with Gasteiger partial charge in [-0.05, 0) is 123 Å². The van der Waals surface area contributed by atoms with Crippen molar-refractivity contribution in [1.82, 2.24) is 0 Å². The summed E-state index contributed by atoms with van der Waals surface area (Å²) in [5.41, 5.74) is 0.254. The van der Waals surface area contributed by atoms with E-state index in [9.17, 15) is 24.9 Å². The van der Waals surface area contributed by atoms with Gasteiger partial charge in [0.05, 0.1) is 17.1 Å². The maximum atomic E-state index is 12.7. The summed E-state index contributed by atoms with van der Waals surface area (Å²) >= 11 is 0. The van der Waals surface area contributed by atoms with Crippen LogP contribution in [0.5, 0.6) is 0 Å². The Morgan fingerprint density at radius 3 is 2.33 bits per heavy atom. The Morgan fingerprint density at radius 1 is 0.925 bits per heavy atom. The maximum absolute atomic E-state index is 12.7. The summed E-state index contributed by atoms with van der Waals surface area (Å²) < 4.78 is 5.97. The first-order chi connectivity index (χ1) is 18.8. The average Bonchev–Trinajstić information content (AvgIpc) is 3.25. The van der Waals surface area contributed by atoms with Gasteiger partial charge in [0.2, 0.25) is 0 Å². The molecule has 5 aliphatic carbocycles. The minimum atomic E-state index is -0.875. The molecule has 11 unspecified atom stereocenters. The lowest BCUT2D eigenvalue weighted by Gasteiger charge is -2.68. The summed E-state index contributed by atoms with van der Waals surface area (Å²) in [6, 6.07) is 0. The number of aliphatic hydroxyl groups is 1. The highest BCUT2D eigenvalue weighted by molar-refractivity contribution is 5.76. The Morgan fingerprint density at radius 2 is 1.65 bits per heavy atom. The fourth-order valence-corrected chi connectivity index (χ4v) is 12.2. The minimum Gasteiger partial charge on any atom is -0.481 e. The third kappa shape index (κ3) is 3.93. The summed E-state index contributed by atoms with van der Waals surface area (Å²) in [5.74, 6) is 0.394. The van der Waals surface area contributed by atoms with Gasteiger partial charge < -0.3 is 20.1 Å². The fraction of sp³-hybridized carbons (Fsp3) is 0.882. The first-order valence-corrected chi connectivity index (χ1v) is 16.3. The van der Waals surface area contributed by atoms with Gasteiger partial charge in [-0.15, -0.1) is 0 Å². The highest BCUT2D eigenvalue weighted by atomic mass is 16.5. The van der Waals surface area contributed by atoms with Crippen molar-refractivity contribution in [3.63, 3.8) is 0 Å². The molecule has 0 aromatic heterocycles. The topological polar surface area (TPSA) is 104 Å². The molecule has 0 bridgehead atoms. The second-order valence-electron chi connectivity index (χ2n) is 15.9. The van der Waals surface area contributed by atoms with Gasteiger partial charge in [-0.2, -0.15) is 0 Å². The minimum absolute atomic E-state index is 0.00199. The van der Waals surface area contributed by atoms with Gasteiger partial charge in [0.25, 0.3) is 0 Å². The van der Waals surface area contributed by atoms with E-state index in [1.807, 2.05) is 6.92 Å². The Kier molecular flexibility index (Phi) is 6.86. The molecular formula is C34H52O6. The molecule has 6 rings (SSSR count). The standard InChI is InChI=1S/C34H52O6/c1-19-7-6-13-34(30(37)38)16-11-24-23(27(19)34)8-9-25-31(24,3)15-12-26-32(25,4)14-10-21(33(26,5)39)18-22-17-20(2)28(40-22)29(35)36/h8,19-22,24-28,39H,6-7,9-18H2,1-5H3,(H,35,36)(H,37,38)/t19?,20-,21?,22?,24?,25?,26?,27?,28?,31?,32?,33+,34?/m0/s1. The molecule has 0 amide bonds. The normalized spacial score (nSPS) is 53.9. The molecule has 0 radical (unpaired) electrons. The van der Waals surface area contributed by atoms with Crippen LogP contribution >= 0.6 is 0 Å². The van der Waals surface area contributed by atoms with Crippen LogP contribution in [0.2, 0.25) is 0 Å². The first-order valence-electron chi connectivity index (χ1n) is 16.3. The van der Waals surface area contributed by atoms with E-state index in [2.05, 4.69) is 33.8 Å². The monoisotopic (exact) mass is 556 g/mol. The van der Waals surface area contributed by atoms with Crippen molar-refractivity contribution in [2.45, 2.75) is 129 Å². The smallest absolute Gasteiger partial charge is 0.333 e. The summed E-state index contributed by atoms with van der Waals surface area (Å²) in [6.07, 6.45) is 13.0. The maximum Gasteiger partial charge on any atom is 0.333 e. The van der Waals surface area contributed by atoms with Crippen LogP contribution in [0.3, 0.4) is 0 Å². The number of ether oxygens (including phenoxy) is 1. The van der Waals surface area contributed by atoms with Crippen molar-refractivity contribution in [3.05, 3.63) is 11.6 Å². The van der Waals surface area contributed by atoms with E-state index in [1.165, 1.54) is 5.57 Å². The molecule has 0 spiro atoms. The second-order valence-corrected chi connectivity index (χ2v) is 15.9. The molecule has 1 aliphatic heterocycles. The molecule has 40 heavy (non-hydrogen) atoms. The van der Waals surface area contributed by atoms with Gasteiger partial charge in [0.15, 0.2) is 6.10 Å². The lowest BCUT2D eigenvalue weighted by atomic mass is 9.37. The molecule has 4 saturated carbocycles. The fourth-order valence-electron chi connectivity index (χ4n) is 12.2. The van der Waals surface area contributed by atoms with E-state index in [0.717, 1.165) is 77.0 Å². The second kappa shape index (κ2) is 9.56. The number of carboxylic acids is 2. The summed E-state index contributed by atoms with van der Waals surface area (Å²) in [6.45, 7) is 11.3. The van der Waals surface area contributed by atoms with Gasteiger partial charge in [0, 0.05) is 0 Å². The van der Waals surface area contributed by atoms with Gasteiger partial charge in [-0.25, -0.2) is 4.79 Å². The number of hydrogen-bond acceptors (Lipinski definition) is 4. The number of carbonyl (C=O) groups is 2. The zero-order valence-electron chi connectivity index (χ0n) is 25.3. The quantitative estimate of drug-likeness (QED) is 0.333. The SMILES string of the molecule is CC1CCCC2(C(=O)O)CCC3C(=CCC4C3(C)CCC3C4(C)CCC(CC4C[C@H](C)C(C(=O)O)O4)[C@@]3(C)O)C12. The number of carboxylic acid groups (broad SMARTS) is 2. The third-order valence-corrected chi connectivity index (χ3v) is 14.1. The molecule has 224 valence electrons. The largest absolute Gasteiger partial charge is 0.481 e.